The summed E-state index contributed by atoms with van der Waals surface area (Å²) in [5, 5.41) is 6.79. The Kier molecular flexibility index (Phi) is 4.29. The van der Waals surface area contributed by atoms with Crippen molar-refractivity contribution < 1.29 is 0 Å². The molecule has 0 bridgehead atoms. The van der Waals surface area contributed by atoms with Gasteiger partial charge in [-0.3, -0.25) is 5.32 Å². The highest BCUT2D eigenvalue weighted by Crippen LogP contribution is 2.28. The number of rotatable bonds is 5. The lowest BCUT2D eigenvalue weighted by molar-refractivity contribution is 0.345. The van der Waals surface area contributed by atoms with E-state index in [0.717, 1.165) is 38.6 Å². The van der Waals surface area contributed by atoms with E-state index in [-0.39, 0.29) is 5.54 Å². The van der Waals surface area contributed by atoms with Crippen molar-refractivity contribution in [3.05, 3.63) is 38.6 Å². The molecule has 0 aliphatic rings. The average Bonchev–Trinajstić information content (AvgIpc) is 3.10. The van der Waals surface area contributed by atoms with Crippen LogP contribution in [0.1, 0.15) is 36.8 Å². The van der Waals surface area contributed by atoms with Gasteiger partial charge in [0, 0.05) is 21.7 Å². The molecule has 0 aliphatic heterocycles. The summed E-state index contributed by atoms with van der Waals surface area (Å²) >= 11 is 5.12. The Morgan fingerprint density at radius 2 is 2.23 bits per heavy atom. The van der Waals surface area contributed by atoms with Gasteiger partial charge in [-0.2, -0.15) is 0 Å². The molecule has 22 heavy (non-hydrogen) atoms. The highest BCUT2D eigenvalue weighted by Gasteiger charge is 2.27. The lowest BCUT2D eigenvalue weighted by Crippen LogP contribution is -2.38. The monoisotopic (exact) mass is 379 g/mol. The number of aromatic nitrogens is 4. The van der Waals surface area contributed by atoms with Crippen LogP contribution in [0.5, 0.6) is 0 Å². The van der Waals surface area contributed by atoms with Gasteiger partial charge >= 0.3 is 0 Å². The maximum atomic E-state index is 4.63. The molecule has 3 rings (SSSR count). The Morgan fingerprint density at radius 3 is 2.91 bits per heavy atom. The van der Waals surface area contributed by atoms with Gasteiger partial charge in [-0.15, -0.1) is 11.3 Å². The number of halogens is 1. The zero-order valence-corrected chi connectivity index (χ0v) is 15.2. The Hall–Kier alpha value is -1.31. The van der Waals surface area contributed by atoms with Crippen molar-refractivity contribution >= 4 is 38.4 Å². The van der Waals surface area contributed by atoms with Gasteiger partial charge in [0.05, 0.1) is 17.6 Å². The van der Waals surface area contributed by atoms with Crippen LogP contribution in [0.2, 0.25) is 0 Å². The first-order valence-electron chi connectivity index (χ1n) is 7.18. The number of nitrogens with one attached hydrogen (secondary N) is 2. The van der Waals surface area contributed by atoms with Crippen LogP contribution in [0.3, 0.4) is 0 Å². The van der Waals surface area contributed by atoms with E-state index in [1.54, 1.807) is 17.5 Å². The van der Waals surface area contributed by atoms with Gasteiger partial charge in [-0.1, -0.05) is 6.92 Å². The highest BCUT2D eigenvalue weighted by molar-refractivity contribution is 9.10. The third kappa shape index (κ3) is 3.06. The van der Waals surface area contributed by atoms with Gasteiger partial charge < -0.3 is 4.98 Å². The predicted molar refractivity (Wildman–Crippen MR) is 92.9 cm³/mol. The zero-order valence-electron chi connectivity index (χ0n) is 12.8. The summed E-state index contributed by atoms with van der Waals surface area (Å²) in [5.41, 5.74) is 2.60. The second-order valence-electron chi connectivity index (χ2n) is 5.54. The van der Waals surface area contributed by atoms with E-state index in [4.69, 9.17) is 0 Å². The molecular weight excluding hydrogens is 362 g/mol. The van der Waals surface area contributed by atoms with Crippen molar-refractivity contribution in [2.75, 3.05) is 0 Å². The Morgan fingerprint density at radius 1 is 1.41 bits per heavy atom. The maximum Gasteiger partial charge on any atom is 0.177 e. The molecular formula is C15H18BrN5S. The standard InChI is InChI=1S/C15H18BrN5S/c1-4-15(3,14-19-9(2)8-22-14)18-7-12-20-11-5-10(16)6-17-13(11)21-12/h5-6,8,18H,4,7H2,1-3H3,(H,17,20,21). The smallest absolute Gasteiger partial charge is 0.177 e. The van der Waals surface area contributed by atoms with Crippen molar-refractivity contribution in [2.24, 2.45) is 0 Å². The molecule has 0 fully saturated rings. The van der Waals surface area contributed by atoms with Crippen LogP contribution < -0.4 is 5.32 Å². The molecule has 0 saturated heterocycles. The van der Waals surface area contributed by atoms with Gasteiger partial charge in [0.1, 0.15) is 10.8 Å². The molecule has 1 unspecified atom stereocenters. The van der Waals surface area contributed by atoms with E-state index in [1.165, 1.54) is 0 Å². The van der Waals surface area contributed by atoms with Crippen molar-refractivity contribution in [1.29, 1.82) is 0 Å². The molecule has 5 nitrogen and oxygen atoms in total. The summed E-state index contributed by atoms with van der Waals surface area (Å²) in [4.78, 5) is 16.8. The molecule has 7 heteroatoms. The maximum absolute atomic E-state index is 4.63. The molecule has 0 spiro atoms. The van der Waals surface area contributed by atoms with Crippen LogP contribution in [0, 0.1) is 6.92 Å². The minimum Gasteiger partial charge on any atom is -0.339 e. The second-order valence-corrected chi connectivity index (χ2v) is 7.32. The molecule has 3 aromatic heterocycles. The highest BCUT2D eigenvalue weighted by atomic mass is 79.9. The summed E-state index contributed by atoms with van der Waals surface area (Å²) < 4.78 is 0.944. The third-order valence-corrected chi connectivity index (χ3v) is 5.45. The van der Waals surface area contributed by atoms with Crippen molar-refractivity contribution in [2.45, 2.75) is 39.3 Å². The Balaban J connectivity index is 1.79. The van der Waals surface area contributed by atoms with Gasteiger partial charge in [0.2, 0.25) is 0 Å². The number of fused-ring (bicyclic) bond motifs is 1. The number of aryl methyl sites for hydroxylation is 1. The first kappa shape index (κ1) is 15.6. The first-order chi connectivity index (χ1) is 10.5. The van der Waals surface area contributed by atoms with Gasteiger partial charge in [0.25, 0.3) is 0 Å². The van der Waals surface area contributed by atoms with E-state index in [2.05, 4.69) is 60.4 Å². The number of aromatic amines is 1. The number of nitrogens with zero attached hydrogens (tertiary/aromatic N) is 3. The average molecular weight is 380 g/mol. The van der Waals surface area contributed by atoms with E-state index < -0.39 is 0 Å². The van der Waals surface area contributed by atoms with E-state index in [0.29, 0.717) is 6.54 Å². The number of hydrogen-bond acceptors (Lipinski definition) is 5. The Labute approximate surface area is 141 Å². The molecule has 1 atom stereocenters. The van der Waals surface area contributed by atoms with Crippen LogP contribution >= 0.6 is 27.3 Å². The molecule has 2 N–H and O–H groups in total. The Bertz CT molecular complexity index is 796. The predicted octanol–water partition coefficient (Wildman–Crippen LogP) is 3.90. The summed E-state index contributed by atoms with van der Waals surface area (Å²) in [7, 11) is 0. The number of H-pyrrole nitrogens is 1. The zero-order chi connectivity index (χ0) is 15.7. The summed E-state index contributed by atoms with van der Waals surface area (Å²) in [5.74, 6) is 0.883. The van der Waals surface area contributed by atoms with Crippen molar-refractivity contribution in [3.8, 4) is 0 Å². The molecule has 0 saturated carbocycles. The van der Waals surface area contributed by atoms with Crippen LogP contribution in [0.25, 0.3) is 11.2 Å². The van der Waals surface area contributed by atoms with Crippen LogP contribution in [-0.4, -0.2) is 19.9 Å². The minimum atomic E-state index is -0.147. The fourth-order valence-electron chi connectivity index (χ4n) is 2.25. The number of imidazole rings is 1. The minimum absolute atomic E-state index is 0.147. The molecule has 0 aromatic carbocycles. The topological polar surface area (TPSA) is 66.5 Å². The lowest BCUT2D eigenvalue weighted by Gasteiger charge is -2.27. The summed E-state index contributed by atoms with van der Waals surface area (Å²) in [6, 6.07) is 1.99. The molecule has 0 aliphatic carbocycles. The van der Waals surface area contributed by atoms with Gasteiger partial charge in [-0.25, -0.2) is 15.0 Å². The molecule has 3 heterocycles. The molecule has 0 radical (unpaired) electrons. The second kappa shape index (κ2) is 6.06. The van der Waals surface area contributed by atoms with Gasteiger partial charge in [-0.05, 0) is 42.3 Å². The quantitative estimate of drug-likeness (QED) is 0.705. The number of hydrogen-bond donors (Lipinski definition) is 2. The van der Waals surface area contributed by atoms with Crippen LogP contribution in [-0.2, 0) is 12.1 Å². The molecule has 0 amide bonds. The summed E-state index contributed by atoms with van der Waals surface area (Å²) in [6.07, 6.45) is 2.72. The van der Waals surface area contributed by atoms with E-state index >= 15 is 0 Å². The SMILES string of the molecule is CCC(C)(NCc1nc2ncc(Br)cc2[nH]1)c1nc(C)cs1. The fourth-order valence-corrected chi connectivity index (χ4v) is 3.59. The number of thiazole rings is 1. The van der Waals surface area contributed by atoms with Gasteiger partial charge in [0.15, 0.2) is 5.65 Å². The third-order valence-electron chi connectivity index (χ3n) is 3.80. The van der Waals surface area contributed by atoms with E-state index in [9.17, 15) is 0 Å². The summed E-state index contributed by atoms with van der Waals surface area (Å²) in [6.45, 7) is 7.03. The molecule has 3 aromatic rings. The number of pyridine rings is 1. The van der Waals surface area contributed by atoms with Crippen LogP contribution in [0.4, 0.5) is 0 Å². The fraction of sp³-hybridized carbons (Fsp3) is 0.400. The van der Waals surface area contributed by atoms with Crippen molar-refractivity contribution in [3.63, 3.8) is 0 Å². The molecule has 116 valence electrons. The largest absolute Gasteiger partial charge is 0.339 e. The normalized spacial score (nSPS) is 14.4. The lowest BCUT2D eigenvalue weighted by atomic mass is 10.00. The van der Waals surface area contributed by atoms with E-state index in [1.807, 2.05) is 13.0 Å². The van der Waals surface area contributed by atoms with Crippen molar-refractivity contribution in [1.82, 2.24) is 25.3 Å². The first-order valence-corrected chi connectivity index (χ1v) is 8.85. The van der Waals surface area contributed by atoms with Crippen LogP contribution in [0.15, 0.2) is 22.1 Å².